The van der Waals surface area contributed by atoms with E-state index >= 15 is 0 Å². The molecule has 0 radical (unpaired) electrons. The van der Waals surface area contributed by atoms with Crippen LogP contribution in [-0.2, 0) is 5.33 Å². The first-order valence-electron chi connectivity index (χ1n) is 2.58. The SMILES string of the molecule is O=C(O)n1nccc1CBr. The van der Waals surface area contributed by atoms with Crippen molar-refractivity contribution in [1.29, 1.82) is 0 Å². The van der Waals surface area contributed by atoms with Crippen molar-refractivity contribution in [3.05, 3.63) is 18.0 Å². The van der Waals surface area contributed by atoms with Crippen LogP contribution in [0.25, 0.3) is 0 Å². The fourth-order valence-electron chi connectivity index (χ4n) is 0.604. The Balaban J connectivity index is 3.01. The number of hydrogen-bond donors (Lipinski definition) is 1. The minimum absolute atomic E-state index is 0.499. The van der Waals surface area contributed by atoms with Gasteiger partial charge in [-0.3, -0.25) is 0 Å². The van der Waals surface area contributed by atoms with Crippen molar-refractivity contribution in [2.45, 2.75) is 5.33 Å². The first-order valence-corrected chi connectivity index (χ1v) is 3.70. The molecular weight excluding hydrogens is 200 g/mol. The molecular formula is C5H5BrN2O2. The van der Waals surface area contributed by atoms with Crippen molar-refractivity contribution in [3.63, 3.8) is 0 Å². The monoisotopic (exact) mass is 204 g/mol. The van der Waals surface area contributed by atoms with Gasteiger partial charge < -0.3 is 5.11 Å². The molecule has 54 valence electrons. The Hall–Kier alpha value is -0.840. The van der Waals surface area contributed by atoms with Gasteiger partial charge in [-0.2, -0.15) is 9.78 Å². The molecule has 0 aliphatic carbocycles. The summed E-state index contributed by atoms with van der Waals surface area (Å²) in [6.07, 6.45) is 0.393. The molecule has 5 heteroatoms. The Labute approximate surface area is 65.6 Å². The van der Waals surface area contributed by atoms with Gasteiger partial charge in [0.15, 0.2) is 0 Å². The van der Waals surface area contributed by atoms with Gasteiger partial charge in [0.25, 0.3) is 0 Å². The summed E-state index contributed by atoms with van der Waals surface area (Å²) in [5.41, 5.74) is 0.632. The van der Waals surface area contributed by atoms with E-state index in [4.69, 9.17) is 5.11 Å². The maximum atomic E-state index is 10.3. The zero-order chi connectivity index (χ0) is 7.56. The molecule has 1 aromatic heterocycles. The molecule has 4 nitrogen and oxygen atoms in total. The van der Waals surface area contributed by atoms with Gasteiger partial charge in [-0.1, -0.05) is 15.9 Å². The molecule has 0 aliphatic rings. The Bertz CT molecular complexity index is 246. The molecule has 1 aromatic rings. The highest BCUT2D eigenvalue weighted by molar-refractivity contribution is 9.08. The minimum Gasteiger partial charge on any atom is -0.463 e. The number of halogens is 1. The first-order chi connectivity index (χ1) is 4.75. The molecule has 1 N–H and O–H groups in total. The lowest BCUT2D eigenvalue weighted by Crippen LogP contribution is -2.11. The van der Waals surface area contributed by atoms with Crippen LogP contribution in [0.5, 0.6) is 0 Å². The summed E-state index contributed by atoms with van der Waals surface area (Å²) < 4.78 is 0.925. The van der Waals surface area contributed by atoms with Gasteiger partial charge in [-0.05, 0) is 6.07 Å². The van der Waals surface area contributed by atoms with E-state index in [0.717, 1.165) is 4.68 Å². The minimum atomic E-state index is -1.06. The Morgan fingerprint density at radius 3 is 3.00 bits per heavy atom. The molecule has 0 fully saturated rings. The van der Waals surface area contributed by atoms with Crippen molar-refractivity contribution in [1.82, 2.24) is 9.78 Å². The molecule has 0 amide bonds. The first kappa shape index (κ1) is 7.27. The van der Waals surface area contributed by atoms with Gasteiger partial charge in [0.05, 0.1) is 5.69 Å². The van der Waals surface area contributed by atoms with Crippen molar-refractivity contribution in [2.75, 3.05) is 0 Å². The predicted octanol–water partition coefficient (Wildman–Crippen LogP) is 1.30. The summed E-state index contributed by atoms with van der Waals surface area (Å²) in [4.78, 5) is 10.3. The lowest BCUT2D eigenvalue weighted by molar-refractivity contribution is 0.192. The quantitative estimate of drug-likeness (QED) is 0.703. The van der Waals surface area contributed by atoms with Crippen LogP contribution in [0, 0.1) is 0 Å². The van der Waals surface area contributed by atoms with Gasteiger partial charge in [-0.15, -0.1) is 0 Å². The predicted molar refractivity (Wildman–Crippen MR) is 38.3 cm³/mol. The van der Waals surface area contributed by atoms with Crippen LogP contribution in [-0.4, -0.2) is 21.0 Å². The van der Waals surface area contributed by atoms with Crippen LogP contribution >= 0.6 is 15.9 Å². The number of hydrogen-bond acceptors (Lipinski definition) is 2. The largest absolute Gasteiger partial charge is 0.463 e. The Morgan fingerprint density at radius 2 is 2.60 bits per heavy atom. The summed E-state index contributed by atoms with van der Waals surface area (Å²) in [6.45, 7) is 0. The van der Waals surface area contributed by atoms with Crippen molar-refractivity contribution >= 4 is 22.0 Å². The average Bonchev–Trinajstić information content (AvgIpc) is 2.33. The molecule has 10 heavy (non-hydrogen) atoms. The number of rotatable bonds is 1. The number of aromatic nitrogens is 2. The molecule has 0 bridgehead atoms. The lowest BCUT2D eigenvalue weighted by Gasteiger charge is -1.94. The summed E-state index contributed by atoms with van der Waals surface area (Å²) in [7, 11) is 0. The standard InChI is InChI=1S/C5H5BrN2O2/c6-3-4-1-2-7-8(4)5(9)10/h1-2H,3H2,(H,9,10). The van der Waals surface area contributed by atoms with Crippen LogP contribution < -0.4 is 0 Å². The summed E-state index contributed by atoms with van der Waals surface area (Å²) in [5, 5.41) is 12.5. The Kier molecular flexibility index (Phi) is 2.06. The number of alkyl halides is 1. The summed E-state index contributed by atoms with van der Waals surface area (Å²) >= 11 is 3.13. The normalized spacial score (nSPS) is 9.70. The smallest absolute Gasteiger partial charge is 0.432 e. The average molecular weight is 205 g/mol. The van der Waals surface area contributed by atoms with E-state index in [1.54, 1.807) is 6.07 Å². The molecule has 0 saturated heterocycles. The molecule has 0 aliphatic heterocycles. The summed E-state index contributed by atoms with van der Waals surface area (Å²) in [5.74, 6) is 0. The summed E-state index contributed by atoms with van der Waals surface area (Å²) in [6, 6.07) is 1.64. The lowest BCUT2D eigenvalue weighted by atomic mass is 10.5. The van der Waals surface area contributed by atoms with Crippen molar-refractivity contribution in [3.8, 4) is 0 Å². The number of nitrogens with zero attached hydrogens (tertiary/aromatic N) is 2. The zero-order valence-corrected chi connectivity index (χ0v) is 6.58. The van der Waals surface area contributed by atoms with E-state index in [2.05, 4.69) is 21.0 Å². The number of carboxylic acid groups (broad SMARTS) is 1. The molecule has 0 saturated carbocycles. The van der Waals surface area contributed by atoms with Crippen LogP contribution in [0.15, 0.2) is 12.3 Å². The van der Waals surface area contributed by atoms with Crippen molar-refractivity contribution in [2.24, 2.45) is 0 Å². The van der Waals surface area contributed by atoms with Crippen LogP contribution in [0.4, 0.5) is 4.79 Å². The number of carbonyl (C=O) groups is 1. The molecule has 0 spiro atoms. The maximum absolute atomic E-state index is 10.3. The van der Waals surface area contributed by atoms with Crippen LogP contribution in [0.3, 0.4) is 0 Å². The highest BCUT2D eigenvalue weighted by Gasteiger charge is 2.05. The fraction of sp³-hybridized carbons (Fsp3) is 0.200. The van der Waals surface area contributed by atoms with Crippen LogP contribution in [0.2, 0.25) is 0 Å². The van der Waals surface area contributed by atoms with E-state index in [9.17, 15) is 4.79 Å². The van der Waals surface area contributed by atoms with Gasteiger partial charge in [0, 0.05) is 11.5 Å². The third-order valence-electron chi connectivity index (χ3n) is 1.04. The van der Waals surface area contributed by atoms with E-state index < -0.39 is 6.09 Å². The van der Waals surface area contributed by atoms with E-state index in [-0.39, 0.29) is 0 Å². The highest BCUT2D eigenvalue weighted by Crippen LogP contribution is 2.03. The van der Waals surface area contributed by atoms with Crippen molar-refractivity contribution < 1.29 is 9.90 Å². The fourth-order valence-corrected chi connectivity index (χ4v) is 1.03. The van der Waals surface area contributed by atoms with E-state index in [1.807, 2.05) is 0 Å². The second-order valence-electron chi connectivity index (χ2n) is 1.65. The Morgan fingerprint density at radius 1 is 1.90 bits per heavy atom. The van der Waals surface area contributed by atoms with E-state index in [1.165, 1.54) is 6.20 Å². The van der Waals surface area contributed by atoms with E-state index in [0.29, 0.717) is 11.0 Å². The molecule has 1 heterocycles. The van der Waals surface area contributed by atoms with Gasteiger partial charge in [0.2, 0.25) is 0 Å². The third-order valence-corrected chi connectivity index (χ3v) is 1.61. The topological polar surface area (TPSA) is 55.1 Å². The van der Waals surface area contributed by atoms with Gasteiger partial charge in [-0.25, -0.2) is 4.79 Å². The second kappa shape index (κ2) is 2.83. The zero-order valence-electron chi connectivity index (χ0n) is 4.99. The third kappa shape index (κ3) is 1.18. The maximum Gasteiger partial charge on any atom is 0.432 e. The molecule has 0 aromatic carbocycles. The molecule has 0 unspecified atom stereocenters. The van der Waals surface area contributed by atoms with Crippen LogP contribution in [0.1, 0.15) is 5.69 Å². The van der Waals surface area contributed by atoms with Gasteiger partial charge in [0.1, 0.15) is 0 Å². The van der Waals surface area contributed by atoms with Gasteiger partial charge >= 0.3 is 6.09 Å². The highest BCUT2D eigenvalue weighted by atomic mass is 79.9. The second-order valence-corrected chi connectivity index (χ2v) is 2.21. The molecule has 0 atom stereocenters. The molecule has 1 rings (SSSR count).